The van der Waals surface area contributed by atoms with E-state index in [0.717, 1.165) is 18.9 Å². The first kappa shape index (κ1) is 11.5. The van der Waals surface area contributed by atoms with Crippen molar-refractivity contribution in [1.29, 1.82) is 0 Å². The number of nitrogens with zero attached hydrogens (tertiary/aromatic N) is 3. The molecule has 90 valence electrons. The highest BCUT2D eigenvalue weighted by molar-refractivity contribution is 4.87. The molecule has 16 heavy (non-hydrogen) atoms. The maximum absolute atomic E-state index is 5.80. The highest BCUT2D eigenvalue weighted by Gasteiger charge is 2.23. The van der Waals surface area contributed by atoms with Crippen molar-refractivity contribution in [2.75, 3.05) is 6.54 Å². The zero-order chi connectivity index (χ0) is 11.4. The summed E-state index contributed by atoms with van der Waals surface area (Å²) >= 11 is 0. The van der Waals surface area contributed by atoms with E-state index < -0.39 is 0 Å². The van der Waals surface area contributed by atoms with Crippen LogP contribution in [0.1, 0.15) is 31.5 Å². The van der Waals surface area contributed by atoms with E-state index in [2.05, 4.69) is 15.5 Å². The fourth-order valence-corrected chi connectivity index (χ4v) is 2.45. The van der Waals surface area contributed by atoms with E-state index in [4.69, 9.17) is 5.73 Å². The van der Waals surface area contributed by atoms with Crippen molar-refractivity contribution in [3.8, 4) is 0 Å². The lowest BCUT2D eigenvalue weighted by Gasteiger charge is -2.31. The molecule has 5 heteroatoms. The summed E-state index contributed by atoms with van der Waals surface area (Å²) in [6, 6.07) is 0.551. The van der Waals surface area contributed by atoms with Crippen LogP contribution < -0.4 is 11.1 Å². The Hall–Kier alpha value is -0.940. The predicted octanol–water partition coefficient (Wildman–Crippen LogP) is 0.422. The van der Waals surface area contributed by atoms with Crippen molar-refractivity contribution < 1.29 is 0 Å². The van der Waals surface area contributed by atoms with Crippen LogP contribution in [-0.4, -0.2) is 27.4 Å². The lowest BCUT2D eigenvalue weighted by atomic mass is 9.84. The largest absolute Gasteiger partial charge is 0.330 e. The minimum atomic E-state index is 0.551. The van der Waals surface area contributed by atoms with Crippen molar-refractivity contribution in [1.82, 2.24) is 20.1 Å². The fourth-order valence-electron chi connectivity index (χ4n) is 2.45. The minimum absolute atomic E-state index is 0.551. The van der Waals surface area contributed by atoms with Crippen LogP contribution in [0.2, 0.25) is 0 Å². The van der Waals surface area contributed by atoms with Crippen LogP contribution in [0.3, 0.4) is 0 Å². The van der Waals surface area contributed by atoms with Crippen molar-refractivity contribution in [3.63, 3.8) is 0 Å². The summed E-state index contributed by atoms with van der Waals surface area (Å²) in [5.74, 6) is 1.61. The molecule has 0 radical (unpaired) electrons. The van der Waals surface area contributed by atoms with Crippen molar-refractivity contribution >= 4 is 0 Å². The molecule has 1 aromatic rings. The third kappa shape index (κ3) is 2.59. The third-order valence-corrected chi connectivity index (χ3v) is 3.54. The molecule has 0 aliphatic heterocycles. The average molecular weight is 223 g/mol. The van der Waals surface area contributed by atoms with Gasteiger partial charge in [0, 0.05) is 13.1 Å². The van der Waals surface area contributed by atoms with E-state index >= 15 is 0 Å². The van der Waals surface area contributed by atoms with Gasteiger partial charge >= 0.3 is 0 Å². The molecule has 1 saturated carbocycles. The van der Waals surface area contributed by atoms with E-state index in [9.17, 15) is 0 Å². The number of aryl methyl sites for hydroxylation is 1. The van der Waals surface area contributed by atoms with Gasteiger partial charge in [0.05, 0.1) is 6.54 Å². The van der Waals surface area contributed by atoms with Crippen molar-refractivity contribution in [3.05, 3.63) is 12.2 Å². The van der Waals surface area contributed by atoms with E-state index in [1.54, 1.807) is 6.33 Å². The molecular weight excluding hydrogens is 202 g/mol. The Bertz CT molecular complexity index is 322. The summed E-state index contributed by atoms with van der Waals surface area (Å²) in [4.78, 5) is 0. The molecule has 1 heterocycles. The van der Waals surface area contributed by atoms with Crippen molar-refractivity contribution in [2.45, 2.75) is 38.3 Å². The monoisotopic (exact) mass is 223 g/mol. The first-order chi connectivity index (χ1) is 7.81. The molecule has 0 aromatic carbocycles. The van der Waals surface area contributed by atoms with E-state index in [0.29, 0.717) is 12.0 Å². The number of hydrogen-bond acceptors (Lipinski definition) is 4. The summed E-state index contributed by atoms with van der Waals surface area (Å²) in [6.45, 7) is 1.58. The Morgan fingerprint density at radius 2 is 2.31 bits per heavy atom. The summed E-state index contributed by atoms with van der Waals surface area (Å²) in [5.41, 5.74) is 5.80. The molecule has 0 amide bonds. The lowest BCUT2D eigenvalue weighted by molar-refractivity contribution is 0.264. The standard InChI is InChI=1S/C11H21N5/c1-16-8-14-15-11(16)7-13-10-5-3-2-4-9(10)6-12/h8-10,13H,2-7,12H2,1H3. The lowest BCUT2D eigenvalue weighted by Crippen LogP contribution is -2.41. The van der Waals surface area contributed by atoms with Crippen LogP contribution in [0.5, 0.6) is 0 Å². The maximum Gasteiger partial charge on any atom is 0.146 e. The molecule has 1 fully saturated rings. The number of hydrogen-bond donors (Lipinski definition) is 2. The van der Waals surface area contributed by atoms with Gasteiger partial charge in [0.15, 0.2) is 0 Å². The Morgan fingerprint density at radius 1 is 1.50 bits per heavy atom. The Balaban J connectivity index is 1.86. The van der Waals surface area contributed by atoms with Gasteiger partial charge in [0.25, 0.3) is 0 Å². The van der Waals surface area contributed by atoms with Gasteiger partial charge in [-0.2, -0.15) is 0 Å². The van der Waals surface area contributed by atoms with E-state index in [-0.39, 0.29) is 0 Å². The number of rotatable bonds is 4. The van der Waals surface area contributed by atoms with E-state index in [1.165, 1.54) is 25.7 Å². The number of nitrogens with two attached hydrogens (primary N) is 1. The predicted molar refractivity (Wildman–Crippen MR) is 62.6 cm³/mol. The summed E-state index contributed by atoms with van der Waals surface area (Å²) in [7, 11) is 1.97. The first-order valence-electron chi connectivity index (χ1n) is 6.07. The first-order valence-corrected chi connectivity index (χ1v) is 6.07. The van der Waals surface area contributed by atoms with Gasteiger partial charge < -0.3 is 15.6 Å². The average Bonchev–Trinajstić information content (AvgIpc) is 2.72. The molecule has 0 bridgehead atoms. The van der Waals surface area contributed by atoms with Gasteiger partial charge in [-0.3, -0.25) is 0 Å². The highest BCUT2D eigenvalue weighted by Crippen LogP contribution is 2.23. The second kappa shape index (κ2) is 5.41. The van der Waals surface area contributed by atoms with Gasteiger partial charge in [-0.15, -0.1) is 10.2 Å². The maximum atomic E-state index is 5.80. The highest BCUT2D eigenvalue weighted by atomic mass is 15.3. The van der Waals surface area contributed by atoms with Gasteiger partial charge in [0.2, 0.25) is 0 Å². The third-order valence-electron chi connectivity index (χ3n) is 3.54. The molecule has 2 unspecified atom stereocenters. The molecule has 5 nitrogen and oxygen atoms in total. The molecule has 0 saturated heterocycles. The summed E-state index contributed by atoms with van der Waals surface area (Å²) in [5, 5.41) is 11.5. The van der Waals surface area contributed by atoms with Crippen LogP contribution in [0.4, 0.5) is 0 Å². The normalized spacial score (nSPS) is 25.9. The summed E-state index contributed by atoms with van der Waals surface area (Å²) in [6.07, 6.45) is 6.86. The quantitative estimate of drug-likeness (QED) is 0.776. The van der Waals surface area contributed by atoms with Crippen LogP contribution >= 0.6 is 0 Å². The number of aromatic nitrogens is 3. The number of nitrogens with one attached hydrogen (secondary N) is 1. The van der Waals surface area contributed by atoms with Crippen LogP contribution in [0, 0.1) is 5.92 Å². The molecule has 1 aromatic heterocycles. The second-order valence-electron chi connectivity index (χ2n) is 4.63. The van der Waals surface area contributed by atoms with Crippen LogP contribution in [0.25, 0.3) is 0 Å². The fraction of sp³-hybridized carbons (Fsp3) is 0.818. The molecular formula is C11H21N5. The Labute approximate surface area is 96.4 Å². The van der Waals surface area contributed by atoms with Gasteiger partial charge in [-0.1, -0.05) is 12.8 Å². The topological polar surface area (TPSA) is 68.8 Å². The van der Waals surface area contributed by atoms with Gasteiger partial charge in [-0.25, -0.2) is 0 Å². The SMILES string of the molecule is Cn1cnnc1CNC1CCCCC1CN. The molecule has 2 atom stereocenters. The van der Waals surface area contributed by atoms with Crippen molar-refractivity contribution in [2.24, 2.45) is 18.7 Å². The van der Waals surface area contributed by atoms with Gasteiger partial charge in [-0.05, 0) is 25.3 Å². The van der Waals surface area contributed by atoms with Gasteiger partial charge in [0.1, 0.15) is 12.2 Å². The molecule has 3 N–H and O–H groups in total. The Kier molecular flexibility index (Phi) is 3.90. The van der Waals surface area contributed by atoms with Crippen LogP contribution in [-0.2, 0) is 13.6 Å². The smallest absolute Gasteiger partial charge is 0.146 e. The minimum Gasteiger partial charge on any atom is -0.330 e. The molecule has 0 spiro atoms. The summed E-state index contributed by atoms with van der Waals surface area (Å²) < 4.78 is 1.95. The molecule has 1 aliphatic rings. The second-order valence-corrected chi connectivity index (χ2v) is 4.63. The molecule has 2 rings (SSSR count). The van der Waals surface area contributed by atoms with E-state index in [1.807, 2.05) is 11.6 Å². The molecule has 1 aliphatic carbocycles. The zero-order valence-electron chi connectivity index (χ0n) is 9.89. The van der Waals surface area contributed by atoms with Crippen LogP contribution in [0.15, 0.2) is 6.33 Å². The Morgan fingerprint density at radius 3 is 3.00 bits per heavy atom. The zero-order valence-corrected chi connectivity index (χ0v) is 9.89.